The maximum Gasteiger partial charge on any atom is 0.224 e. The Hall–Kier alpha value is -1.36. The van der Waals surface area contributed by atoms with Gasteiger partial charge in [-0.1, -0.05) is 0 Å². The van der Waals surface area contributed by atoms with E-state index >= 15 is 0 Å². The third-order valence-corrected chi connectivity index (χ3v) is 4.05. The van der Waals surface area contributed by atoms with E-state index in [-0.39, 0.29) is 0 Å². The summed E-state index contributed by atoms with van der Waals surface area (Å²) >= 11 is 0. The molecule has 0 spiro atoms. The molecule has 19 heavy (non-hydrogen) atoms. The Morgan fingerprint density at radius 1 is 1.21 bits per heavy atom. The summed E-state index contributed by atoms with van der Waals surface area (Å²) in [6.07, 6.45) is 1.85. The Bertz CT molecular complexity index is 433. The van der Waals surface area contributed by atoms with Gasteiger partial charge in [0.05, 0.1) is 0 Å². The van der Waals surface area contributed by atoms with Gasteiger partial charge >= 0.3 is 0 Å². The summed E-state index contributed by atoms with van der Waals surface area (Å²) in [5, 5.41) is 3.27. The molecule has 0 aromatic carbocycles. The van der Waals surface area contributed by atoms with Crippen LogP contribution in [0, 0.1) is 11.8 Å². The molecule has 2 aliphatic rings. The zero-order valence-electron chi connectivity index (χ0n) is 12.0. The lowest BCUT2D eigenvalue weighted by Gasteiger charge is -2.20. The van der Waals surface area contributed by atoms with Crippen LogP contribution in [0.5, 0.6) is 0 Å². The van der Waals surface area contributed by atoms with E-state index in [1.165, 1.54) is 13.1 Å². The Morgan fingerprint density at radius 3 is 2.53 bits per heavy atom. The van der Waals surface area contributed by atoms with Crippen molar-refractivity contribution in [1.29, 1.82) is 0 Å². The highest BCUT2D eigenvalue weighted by atomic mass is 15.3. The van der Waals surface area contributed by atoms with Gasteiger partial charge in [-0.25, -0.2) is 4.98 Å². The van der Waals surface area contributed by atoms with Crippen LogP contribution in [0.1, 0.15) is 13.8 Å². The molecule has 2 unspecified atom stereocenters. The van der Waals surface area contributed by atoms with E-state index in [0.717, 1.165) is 36.7 Å². The lowest BCUT2D eigenvalue weighted by atomic mass is 10.0. The number of fused-ring (bicyclic) bond motifs is 1. The van der Waals surface area contributed by atoms with Crippen molar-refractivity contribution >= 4 is 11.8 Å². The number of hydrogen-bond donors (Lipinski definition) is 1. The van der Waals surface area contributed by atoms with Gasteiger partial charge in [-0.15, -0.1) is 0 Å². The zero-order chi connectivity index (χ0) is 13.4. The highest BCUT2D eigenvalue weighted by molar-refractivity contribution is 5.44. The molecule has 2 fully saturated rings. The van der Waals surface area contributed by atoms with Crippen LogP contribution in [0.2, 0.25) is 0 Å². The molecule has 3 rings (SSSR count). The van der Waals surface area contributed by atoms with E-state index in [4.69, 9.17) is 0 Å². The number of aromatic nitrogens is 2. The fourth-order valence-electron chi connectivity index (χ4n) is 3.27. The highest BCUT2D eigenvalue weighted by Crippen LogP contribution is 2.32. The number of nitrogens with one attached hydrogen (secondary N) is 1. The third-order valence-electron chi connectivity index (χ3n) is 4.05. The molecule has 0 bridgehead atoms. The highest BCUT2D eigenvalue weighted by Gasteiger charge is 2.39. The Kier molecular flexibility index (Phi) is 3.31. The number of hydrogen-bond acceptors (Lipinski definition) is 5. The van der Waals surface area contributed by atoms with Gasteiger partial charge in [-0.05, 0) is 38.8 Å². The van der Waals surface area contributed by atoms with Crippen molar-refractivity contribution in [3.8, 4) is 0 Å². The zero-order valence-corrected chi connectivity index (χ0v) is 12.0. The first-order valence-corrected chi connectivity index (χ1v) is 7.15. The van der Waals surface area contributed by atoms with Crippen molar-refractivity contribution in [3.63, 3.8) is 0 Å². The Balaban J connectivity index is 1.70. The molecular weight excluding hydrogens is 238 g/mol. The van der Waals surface area contributed by atoms with Gasteiger partial charge in [0.25, 0.3) is 0 Å². The van der Waals surface area contributed by atoms with Gasteiger partial charge in [0.1, 0.15) is 5.82 Å². The van der Waals surface area contributed by atoms with Gasteiger partial charge < -0.3 is 15.1 Å². The Morgan fingerprint density at radius 2 is 1.89 bits per heavy atom. The first kappa shape index (κ1) is 12.7. The molecule has 1 N–H and O–H groups in total. The molecule has 0 aliphatic carbocycles. The van der Waals surface area contributed by atoms with Gasteiger partial charge in [0.2, 0.25) is 5.95 Å². The minimum absolute atomic E-state index is 0.363. The molecule has 2 atom stereocenters. The quantitative estimate of drug-likeness (QED) is 0.888. The van der Waals surface area contributed by atoms with Crippen LogP contribution in [0.25, 0.3) is 0 Å². The van der Waals surface area contributed by atoms with Gasteiger partial charge in [-0.3, -0.25) is 0 Å². The summed E-state index contributed by atoms with van der Waals surface area (Å²) in [4.78, 5) is 13.8. The summed E-state index contributed by atoms with van der Waals surface area (Å²) in [5.74, 6) is 3.42. The van der Waals surface area contributed by atoms with Gasteiger partial charge in [0, 0.05) is 38.4 Å². The predicted octanol–water partition coefficient (Wildman–Crippen LogP) is 1.29. The van der Waals surface area contributed by atoms with Crippen LogP contribution in [-0.4, -0.2) is 54.1 Å². The molecule has 5 heteroatoms. The summed E-state index contributed by atoms with van der Waals surface area (Å²) in [6.45, 7) is 8.92. The van der Waals surface area contributed by atoms with E-state index in [9.17, 15) is 0 Å². The maximum atomic E-state index is 4.63. The van der Waals surface area contributed by atoms with Crippen LogP contribution < -0.4 is 10.2 Å². The van der Waals surface area contributed by atoms with E-state index in [2.05, 4.69) is 46.0 Å². The molecule has 104 valence electrons. The molecule has 1 aromatic rings. The second-order valence-corrected chi connectivity index (χ2v) is 6.18. The topological polar surface area (TPSA) is 44.3 Å². The van der Waals surface area contributed by atoms with E-state index in [1.54, 1.807) is 0 Å². The van der Waals surface area contributed by atoms with E-state index in [1.807, 2.05) is 12.3 Å². The van der Waals surface area contributed by atoms with Crippen LogP contribution in [0.15, 0.2) is 12.3 Å². The van der Waals surface area contributed by atoms with Crippen LogP contribution in [-0.2, 0) is 0 Å². The fraction of sp³-hybridized carbons (Fsp3) is 0.714. The molecule has 0 amide bonds. The number of anilines is 2. The summed E-state index contributed by atoms with van der Waals surface area (Å²) in [7, 11) is 2.22. The molecular formula is C14H23N5. The van der Waals surface area contributed by atoms with Crippen molar-refractivity contribution in [2.45, 2.75) is 19.9 Å². The van der Waals surface area contributed by atoms with Crippen LogP contribution in [0.3, 0.4) is 0 Å². The van der Waals surface area contributed by atoms with Crippen molar-refractivity contribution < 1.29 is 0 Å². The molecule has 0 radical (unpaired) electrons. The van der Waals surface area contributed by atoms with Gasteiger partial charge in [-0.2, -0.15) is 4.98 Å². The number of likely N-dealkylation sites (tertiary alicyclic amines) is 1. The molecule has 1 aromatic heterocycles. The summed E-state index contributed by atoms with van der Waals surface area (Å²) in [5.41, 5.74) is 0. The SMILES string of the molecule is CC(C)Nc1nccc(N2CC3CN(C)CC3C2)n1. The minimum atomic E-state index is 0.363. The second-order valence-electron chi connectivity index (χ2n) is 6.18. The average Bonchev–Trinajstić information content (AvgIpc) is 2.85. The van der Waals surface area contributed by atoms with Crippen molar-refractivity contribution in [2.24, 2.45) is 11.8 Å². The first-order valence-electron chi connectivity index (χ1n) is 7.15. The first-order chi connectivity index (χ1) is 9.11. The summed E-state index contributed by atoms with van der Waals surface area (Å²) < 4.78 is 0. The average molecular weight is 261 g/mol. The van der Waals surface area contributed by atoms with Crippen LogP contribution in [0.4, 0.5) is 11.8 Å². The largest absolute Gasteiger partial charge is 0.356 e. The lowest BCUT2D eigenvalue weighted by molar-refractivity contribution is 0.387. The lowest BCUT2D eigenvalue weighted by Crippen LogP contribution is -2.27. The monoisotopic (exact) mass is 261 g/mol. The van der Waals surface area contributed by atoms with Crippen molar-refractivity contribution in [2.75, 3.05) is 43.4 Å². The van der Waals surface area contributed by atoms with Gasteiger partial charge in [0.15, 0.2) is 0 Å². The molecule has 3 heterocycles. The number of rotatable bonds is 3. The molecule has 5 nitrogen and oxygen atoms in total. The van der Waals surface area contributed by atoms with Crippen LogP contribution >= 0.6 is 0 Å². The van der Waals surface area contributed by atoms with Crippen molar-refractivity contribution in [1.82, 2.24) is 14.9 Å². The minimum Gasteiger partial charge on any atom is -0.356 e. The normalized spacial score (nSPS) is 27.1. The molecule has 0 saturated carbocycles. The standard InChI is InChI=1S/C14H23N5/c1-10(2)16-14-15-5-4-13(17-14)19-8-11-6-18(3)7-12(11)9-19/h4-5,10-12H,6-9H2,1-3H3,(H,15,16,17). The molecule has 2 saturated heterocycles. The fourth-order valence-corrected chi connectivity index (χ4v) is 3.27. The van der Waals surface area contributed by atoms with Crippen molar-refractivity contribution in [3.05, 3.63) is 12.3 Å². The molecule has 2 aliphatic heterocycles. The number of nitrogens with zero attached hydrogens (tertiary/aromatic N) is 4. The van der Waals surface area contributed by atoms with E-state index in [0.29, 0.717) is 6.04 Å². The Labute approximate surface area is 115 Å². The van der Waals surface area contributed by atoms with E-state index < -0.39 is 0 Å². The predicted molar refractivity (Wildman–Crippen MR) is 77.5 cm³/mol. The second kappa shape index (κ2) is 4.96. The summed E-state index contributed by atoms with van der Waals surface area (Å²) in [6, 6.07) is 2.39. The smallest absolute Gasteiger partial charge is 0.224 e. The third kappa shape index (κ3) is 2.66. The maximum absolute atomic E-state index is 4.63.